The minimum absolute atomic E-state index is 0.0127. The van der Waals surface area contributed by atoms with Crippen LogP contribution in [0.1, 0.15) is 68.1 Å². The molecule has 1 atom stereocenters. The first-order valence-corrected chi connectivity index (χ1v) is 12.7. The number of benzene rings is 1. The van der Waals surface area contributed by atoms with Gasteiger partial charge in [0, 0.05) is 37.9 Å². The normalized spacial score (nSPS) is 22.8. The van der Waals surface area contributed by atoms with E-state index in [9.17, 15) is 18.0 Å². The first kappa shape index (κ1) is 27.4. The molecule has 0 radical (unpaired) electrons. The van der Waals surface area contributed by atoms with Crippen LogP contribution in [-0.2, 0) is 34.7 Å². The molecule has 1 saturated heterocycles. The van der Waals surface area contributed by atoms with E-state index in [2.05, 4.69) is 25.8 Å². The van der Waals surface area contributed by atoms with Gasteiger partial charge in [-0.05, 0) is 49.8 Å². The van der Waals surface area contributed by atoms with Crippen LogP contribution in [0.25, 0.3) is 0 Å². The van der Waals surface area contributed by atoms with Gasteiger partial charge in [0.15, 0.2) is 5.49 Å². The summed E-state index contributed by atoms with van der Waals surface area (Å²) in [7, 11) is 3.54. The van der Waals surface area contributed by atoms with Crippen molar-refractivity contribution in [3.63, 3.8) is 0 Å². The maximum absolute atomic E-state index is 13.5. The van der Waals surface area contributed by atoms with Crippen LogP contribution in [0.5, 0.6) is 5.75 Å². The van der Waals surface area contributed by atoms with Crippen LogP contribution in [-0.4, -0.2) is 47.8 Å². The average molecular weight is 524 g/mol. The highest BCUT2D eigenvalue weighted by Crippen LogP contribution is 2.35. The lowest BCUT2D eigenvalue weighted by Crippen LogP contribution is -2.34. The lowest BCUT2D eigenvalue weighted by Gasteiger charge is -2.33. The van der Waals surface area contributed by atoms with Crippen LogP contribution >= 0.6 is 0 Å². The highest BCUT2D eigenvalue weighted by molar-refractivity contribution is 5.97. The van der Waals surface area contributed by atoms with Gasteiger partial charge in [0.05, 0.1) is 36.5 Å². The maximum atomic E-state index is 13.5. The van der Waals surface area contributed by atoms with E-state index in [1.165, 1.54) is 6.07 Å². The Morgan fingerprint density at radius 3 is 2.51 bits per heavy atom. The van der Waals surface area contributed by atoms with E-state index < -0.39 is 17.6 Å². The molecule has 1 aromatic carbocycles. The van der Waals surface area contributed by atoms with E-state index in [-0.39, 0.29) is 34.9 Å². The Balaban J connectivity index is 1.70. The van der Waals surface area contributed by atoms with Crippen LogP contribution in [0.15, 0.2) is 29.3 Å². The Labute approximate surface area is 215 Å². The van der Waals surface area contributed by atoms with E-state index in [0.717, 1.165) is 43.5 Å². The van der Waals surface area contributed by atoms with E-state index >= 15 is 0 Å². The molecule has 1 amide bonds. The molecule has 1 aliphatic heterocycles. The molecular weight excluding hydrogens is 487 g/mol. The number of nitrogens with zero attached hydrogens (tertiary/aromatic N) is 3. The Hall–Kier alpha value is -2.59. The molecule has 2 heterocycles. The van der Waals surface area contributed by atoms with Crippen LogP contribution in [0.4, 0.5) is 13.2 Å². The van der Waals surface area contributed by atoms with Crippen LogP contribution in [0.2, 0.25) is 0 Å². The number of amides is 1. The smallest absolute Gasteiger partial charge is 0.416 e. The van der Waals surface area contributed by atoms with Crippen LogP contribution in [0.3, 0.4) is 0 Å². The molecular formula is C27H36F3N3O4. The molecule has 37 heavy (non-hydrogen) atoms. The van der Waals surface area contributed by atoms with Crippen LogP contribution in [0, 0.1) is 5.92 Å². The summed E-state index contributed by atoms with van der Waals surface area (Å²) in [5.41, 5.74) is -0.0511. The van der Waals surface area contributed by atoms with Gasteiger partial charge in [-0.15, -0.1) is 0 Å². The van der Waals surface area contributed by atoms with Crippen molar-refractivity contribution in [3.8, 4) is 5.75 Å². The number of rotatable bonds is 7. The first-order chi connectivity index (χ1) is 17.4. The lowest BCUT2D eigenvalue weighted by molar-refractivity contribution is -0.137. The van der Waals surface area contributed by atoms with Gasteiger partial charge in [-0.25, -0.2) is 0 Å². The van der Waals surface area contributed by atoms with Crippen molar-refractivity contribution in [3.05, 3.63) is 46.6 Å². The summed E-state index contributed by atoms with van der Waals surface area (Å²) < 4.78 is 61.3. The predicted molar refractivity (Wildman–Crippen MR) is 131 cm³/mol. The number of hydrogen-bond donors (Lipinski definition) is 0. The molecule has 0 N–H and O–H groups in total. The minimum Gasteiger partial charge on any atom is -0.492 e. The van der Waals surface area contributed by atoms with E-state index in [0.29, 0.717) is 25.2 Å². The fraction of sp³-hybridized carbons (Fsp3) is 0.630. The zero-order valence-electron chi connectivity index (χ0n) is 22.1. The number of ether oxygens (including phenoxy) is 3. The van der Waals surface area contributed by atoms with Gasteiger partial charge in [-0.2, -0.15) is 18.2 Å². The van der Waals surface area contributed by atoms with Crippen molar-refractivity contribution in [1.29, 1.82) is 0 Å². The molecule has 204 valence electrons. The number of alkyl halides is 3. The molecule has 2 fully saturated rings. The predicted octanol–water partition coefficient (Wildman–Crippen LogP) is 4.87. The molecule has 1 saturated carbocycles. The summed E-state index contributed by atoms with van der Waals surface area (Å²) in [6.45, 7) is 7.63. The van der Waals surface area contributed by atoms with Crippen molar-refractivity contribution < 1.29 is 32.2 Å². The Morgan fingerprint density at radius 1 is 1.19 bits per heavy atom. The quantitative estimate of drug-likeness (QED) is 0.520. The van der Waals surface area contributed by atoms with Crippen molar-refractivity contribution in [2.75, 3.05) is 20.3 Å². The van der Waals surface area contributed by atoms with Crippen molar-refractivity contribution >= 4 is 5.91 Å². The van der Waals surface area contributed by atoms with Gasteiger partial charge < -0.3 is 14.2 Å². The van der Waals surface area contributed by atoms with Crippen LogP contribution < -0.4 is 10.2 Å². The molecule has 2 aliphatic rings. The minimum atomic E-state index is -4.60. The van der Waals surface area contributed by atoms with Crippen molar-refractivity contribution in [2.45, 2.75) is 76.8 Å². The second kappa shape index (κ2) is 10.6. The summed E-state index contributed by atoms with van der Waals surface area (Å²) in [5.74, 6) is -0.457. The van der Waals surface area contributed by atoms with Crippen molar-refractivity contribution in [2.24, 2.45) is 18.0 Å². The Bertz CT molecular complexity index is 1180. The molecule has 10 heteroatoms. The van der Waals surface area contributed by atoms with Gasteiger partial charge >= 0.3 is 6.18 Å². The SMILES string of the molecule is CO[C@H]1C[C@@H](COc2ccc(C(F)(F)F)cc2C(=O)/N=c2\cc(C(C)(C)C)n(C)n2C[C@H]2CCCO2)C1. The molecule has 4 rings (SSSR count). The Kier molecular flexibility index (Phi) is 7.90. The summed E-state index contributed by atoms with van der Waals surface area (Å²) in [4.78, 5) is 17.7. The highest BCUT2D eigenvalue weighted by Gasteiger charge is 2.33. The van der Waals surface area contributed by atoms with Gasteiger partial charge in [-0.1, -0.05) is 20.8 Å². The lowest BCUT2D eigenvalue weighted by atomic mass is 9.83. The first-order valence-electron chi connectivity index (χ1n) is 12.7. The molecule has 0 unspecified atom stereocenters. The number of halogens is 3. The zero-order valence-corrected chi connectivity index (χ0v) is 22.1. The average Bonchev–Trinajstić information content (AvgIpc) is 3.41. The zero-order chi connectivity index (χ0) is 27.0. The summed E-state index contributed by atoms with van der Waals surface area (Å²) in [6, 6.07) is 4.80. The fourth-order valence-electron chi connectivity index (χ4n) is 4.94. The van der Waals surface area contributed by atoms with E-state index in [1.54, 1.807) is 7.11 Å². The topological polar surface area (TPSA) is 67.0 Å². The molecule has 2 aromatic rings. The second-order valence-electron chi connectivity index (χ2n) is 11.0. The van der Waals surface area contributed by atoms with E-state index in [4.69, 9.17) is 14.2 Å². The summed E-state index contributed by atoms with van der Waals surface area (Å²) in [6.07, 6.45) is -0.953. The summed E-state index contributed by atoms with van der Waals surface area (Å²) in [5, 5.41) is 0. The van der Waals surface area contributed by atoms with Gasteiger partial charge in [0.25, 0.3) is 5.91 Å². The Morgan fingerprint density at radius 2 is 1.92 bits per heavy atom. The van der Waals surface area contributed by atoms with Gasteiger partial charge in [0.1, 0.15) is 5.75 Å². The number of hydrogen-bond acceptors (Lipinski definition) is 4. The largest absolute Gasteiger partial charge is 0.492 e. The molecule has 1 aromatic heterocycles. The fourth-order valence-corrected chi connectivity index (χ4v) is 4.94. The molecule has 1 aliphatic carbocycles. The summed E-state index contributed by atoms with van der Waals surface area (Å²) >= 11 is 0. The van der Waals surface area contributed by atoms with Gasteiger partial charge in [-0.3, -0.25) is 14.2 Å². The van der Waals surface area contributed by atoms with E-state index in [1.807, 2.05) is 22.5 Å². The third-order valence-corrected chi connectivity index (χ3v) is 7.16. The van der Waals surface area contributed by atoms with Crippen molar-refractivity contribution in [1.82, 2.24) is 9.36 Å². The number of carbonyl (C=O) groups excluding carboxylic acids is 1. The highest BCUT2D eigenvalue weighted by atomic mass is 19.4. The standard InChI is InChI=1S/C27H36F3N3O4/c1-26(2,3)23-14-24(33(32(23)4)15-19-7-6-10-36-19)31-25(34)21-13-18(27(28,29)30)8-9-22(21)37-16-17-11-20(12-17)35-5/h8-9,13-14,17,19-20H,6-7,10-12,15-16H2,1-5H3/b31-24+/t17-,19-,20+/m1/s1. The number of carbonyl (C=O) groups is 1. The number of aromatic nitrogens is 2. The monoisotopic (exact) mass is 523 g/mol. The second-order valence-corrected chi connectivity index (χ2v) is 11.0. The molecule has 7 nitrogen and oxygen atoms in total. The molecule has 0 spiro atoms. The third kappa shape index (κ3) is 6.29. The molecule has 0 bridgehead atoms. The maximum Gasteiger partial charge on any atom is 0.416 e. The number of methoxy groups -OCH3 is 1. The third-order valence-electron chi connectivity index (χ3n) is 7.16. The van der Waals surface area contributed by atoms with Gasteiger partial charge in [0.2, 0.25) is 0 Å².